The summed E-state index contributed by atoms with van der Waals surface area (Å²) in [7, 11) is 1.72. The molecule has 1 aliphatic heterocycles. The molecule has 1 aliphatic rings. The Labute approximate surface area is 158 Å². The van der Waals surface area contributed by atoms with Gasteiger partial charge in [0.25, 0.3) is 0 Å². The molecule has 2 heterocycles. The molecule has 144 valence electrons. The van der Waals surface area contributed by atoms with Crippen molar-refractivity contribution in [3.63, 3.8) is 0 Å². The lowest BCUT2D eigenvalue weighted by molar-refractivity contribution is 0.328. The van der Waals surface area contributed by atoms with Crippen LogP contribution in [0.5, 0.6) is 5.75 Å². The summed E-state index contributed by atoms with van der Waals surface area (Å²) in [6.07, 6.45) is 6.46. The Balaban J connectivity index is 1.43. The third kappa shape index (κ3) is 5.82. The van der Waals surface area contributed by atoms with Crippen molar-refractivity contribution in [3.05, 3.63) is 52.5 Å². The molecule has 0 aliphatic carbocycles. The Morgan fingerprint density at radius 2 is 2.11 bits per heavy atom. The minimum absolute atomic E-state index is 0.418. The van der Waals surface area contributed by atoms with Crippen molar-refractivity contribution in [2.45, 2.75) is 19.4 Å². The molecule has 1 fully saturated rings. The number of aromatic amines is 1. The van der Waals surface area contributed by atoms with E-state index in [0.29, 0.717) is 24.8 Å². The smallest absolute Gasteiger partial charge is 0.363 e. The normalized spacial score (nSPS) is 14.6. The topological polar surface area (TPSA) is 95.2 Å². The summed E-state index contributed by atoms with van der Waals surface area (Å²) >= 11 is 0. The molecule has 1 saturated heterocycles. The van der Waals surface area contributed by atoms with Gasteiger partial charge in [0.05, 0.1) is 0 Å². The Morgan fingerprint density at radius 1 is 1.26 bits per heavy atom. The van der Waals surface area contributed by atoms with Crippen LogP contribution < -0.4 is 21.1 Å². The molecule has 0 spiro atoms. The van der Waals surface area contributed by atoms with Crippen molar-refractivity contribution in [3.8, 4) is 5.75 Å². The van der Waals surface area contributed by atoms with Gasteiger partial charge in [-0.3, -0.25) is 4.90 Å². The fourth-order valence-corrected chi connectivity index (χ4v) is 3.02. The minimum atomic E-state index is -0.488. The first kappa shape index (κ1) is 18.9. The lowest BCUT2D eigenvalue weighted by Crippen LogP contribution is -2.18. The number of hydrogen-bond acceptors (Lipinski definition) is 7. The molecule has 3 N–H and O–H groups in total. The van der Waals surface area contributed by atoms with Crippen LogP contribution in [-0.2, 0) is 6.54 Å². The Hall–Kier alpha value is -2.87. The summed E-state index contributed by atoms with van der Waals surface area (Å²) in [4.78, 5) is 17.6. The number of benzene rings is 1. The van der Waals surface area contributed by atoms with Gasteiger partial charge >= 0.3 is 5.69 Å². The molecule has 1 aromatic carbocycles. The fourth-order valence-electron chi connectivity index (χ4n) is 3.02. The molecule has 8 heteroatoms. The Bertz CT molecular complexity index is 814. The molecule has 0 radical (unpaired) electrons. The Morgan fingerprint density at radius 3 is 2.93 bits per heavy atom. The molecule has 8 nitrogen and oxygen atoms in total. The van der Waals surface area contributed by atoms with Gasteiger partial charge in [-0.25, -0.2) is 9.89 Å². The highest BCUT2D eigenvalue weighted by Gasteiger charge is 2.11. The first-order valence-electron chi connectivity index (χ1n) is 9.22. The fraction of sp³-hybridized carbons (Fsp3) is 0.421. The van der Waals surface area contributed by atoms with E-state index in [1.165, 1.54) is 31.5 Å². The first-order valence-corrected chi connectivity index (χ1v) is 9.22. The largest absolute Gasteiger partial charge is 0.490 e. The molecule has 1 aromatic heterocycles. The second-order valence-electron chi connectivity index (χ2n) is 6.38. The summed E-state index contributed by atoms with van der Waals surface area (Å²) in [5, 5.41) is 12.1. The van der Waals surface area contributed by atoms with Crippen molar-refractivity contribution in [2.75, 3.05) is 43.9 Å². The molecular formula is C19H26N6O2. The lowest BCUT2D eigenvalue weighted by atomic mass is 10.2. The zero-order valence-electron chi connectivity index (χ0n) is 15.6. The maximum absolute atomic E-state index is 11.2. The predicted molar refractivity (Wildman–Crippen MR) is 106 cm³/mol. The van der Waals surface area contributed by atoms with Crippen LogP contribution in [0.4, 0.5) is 11.6 Å². The standard InChI is InChI=1S/C19H26N6O2/c1-20-17-18(22-19(26)24-23-17)21-9-2-5-12-27-16-8-6-7-15(13-16)14-25-10-3-4-11-25/h2,5-8,13H,3-4,9-12,14H2,1H3,(H,20,23)(H2,21,22,24,26). The molecular weight excluding hydrogens is 344 g/mol. The number of likely N-dealkylation sites (tertiary alicyclic amines) is 1. The van der Waals surface area contributed by atoms with Crippen molar-refractivity contribution >= 4 is 11.6 Å². The third-order valence-electron chi connectivity index (χ3n) is 4.34. The highest BCUT2D eigenvalue weighted by atomic mass is 16.5. The summed E-state index contributed by atoms with van der Waals surface area (Å²) in [6.45, 7) is 4.36. The van der Waals surface area contributed by atoms with Gasteiger partial charge in [0, 0.05) is 20.1 Å². The monoisotopic (exact) mass is 370 g/mol. The van der Waals surface area contributed by atoms with Crippen molar-refractivity contribution in [2.24, 2.45) is 0 Å². The first-order chi connectivity index (χ1) is 13.2. The zero-order valence-corrected chi connectivity index (χ0v) is 15.6. The van der Waals surface area contributed by atoms with E-state index in [1.54, 1.807) is 7.05 Å². The molecule has 0 amide bonds. The minimum Gasteiger partial charge on any atom is -0.490 e. The predicted octanol–water partition coefficient (Wildman–Crippen LogP) is 1.85. The molecule has 27 heavy (non-hydrogen) atoms. The van der Waals surface area contributed by atoms with Crippen molar-refractivity contribution in [1.29, 1.82) is 0 Å². The lowest BCUT2D eigenvalue weighted by Gasteiger charge is -2.15. The van der Waals surface area contributed by atoms with Crippen LogP contribution in [-0.4, -0.2) is 53.4 Å². The van der Waals surface area contributed by atoms with E-state index in [0.717, 1.165) is 12.3 Å². The van der Waals surface area contributed by atoms with Crippen LogP contribution in [0.25, 0.3) is 0 Å². The summed E-state index contributed by atoms with van der Waals surface area (Å²) in [6, 6.07) is 8.27. The van der Waals surface area contributed by atoms with Gasteiger partial charge in [-0.2, -0.15) is 4.98 Å². The van der Waals surface area contributed by atoms with Gasteiger partial charge in [-0.05, 0) is 49.7 Å². The number of H-pyrrole nitrogens is 1. The van der Waals surface area contributed by atoms with Gasteiger partial charge < -0.3 is 15.4 Å². The molecule has 0 atom stereocenters. The number of anilines is 2. The number of aromatic nitrogens is 3. The average molecular weight is 370 g/mol. The molecule has 0 unspecified atom stereocenters. The quantitative estimate of drug-likeness (QED) is 0.580. The van der Waals surface area contributed by atoms with Crippen LogP contribution in [0.15, 0.2) is 41.2 Å². The van der Waals surface area contributed by atoms with Gasteiger partial charge in [0.1, 0.15) is 12.4 Å². The molecule has 0 bridgehead atoms. The highest BCUT2D eigenvalue weighted by Crippen LogP contribution is 2.17. The number of rotatable bonds is 9. The maximum Gasteiger partial charge on any atom is 0.363 e. The highest BCUT2D eigenvalue weighted by molar-refractivity contribution is 5.57. The van der Waals surface area contributed by atoms with Gasteiger partial charge in [0.2, 0.25) is 0 Å². The summed E-state index contributed by atoms with van der Waals surface area (Å²) in [5.41, 5.74) is 0.796. The van der Waals surface area contributed by atoms with Crippen LogP contribution >= 0.6 is 0 Å². The molecule has 2 aromatic rings. The Kier molecular flexibility index (Phi) is 6.81. The summed E-state index contributed by atoms with van der Waals surface area (Å²) < 4.78 is 5.80. The number of ether oxygens (including phenoxy) is 1. The third-order valence-corrected chi connectivity index (χ3v) is 4.34. The van der Waals surface area contributed by atoms with Crippen LogP contribution in [0, 0.1) is 0 Å². The van der Waals surface area contributed by atoms with E-state index in [1.807, 2.05) is 24.3 Å². The van der Waals surface area contributed by atoms with E-state index >= 15 is 0 Å². The number of nitrogens with zero attached hydrogens (tertiary/aromatic N) is 3. The van der Waals surface area contributed by atoms with Gasteiger partial charge in [-0.1, -0.05) is 18.2 Å². The van der Waals surface area contributed by atoms with Crippen molar-refractivity contribution < 1.29 is 4.74 Å². The van der Waals surface area contributed by atoms with E-state index in [-0.39, 0.29) is 0 Å². The number of hydrogen-bond donors (Lipinski definition) is 3. The van der Waals surface area contributed by atoms with E-state index < -0.39 is 5.69 Å². The average Bonchev–Trinajstić information content (AvgIpc) is 3.18. The van der Waals surface area contributed by atoms with Gasteiger partial charge in [0.15, 0.2) is 11.6 Å². The van der Waals surface area contributed by atoms with Gasteiger partial charge in [-0.15, -0.1) is 5.10 Å². The number of nitrogens with one attached hydrogen (secondary N) is 3. The van der Waals surface area contributed by atoms with Crippen LogP contribution in [0.1, 0.15) is 18.4 Å². The maximum atomic E-state index is 11.2. The SMILES string of the molecule is CNc1n[nH]c(=O)nc1NCC=CCOc1cccc(CN2CCCC2)c1. The van der Waals surface area contributed by atoms with Crippen LogP contribution in [0.3, 0.4) is 0 Å². The van der Waals surface area contributed by atoms with Crippen molar-refractivity contribution in [1.82, 2.24) is 20.1 Å². The van der Waals surface area contributed by atoms with Crippen LogP contribution in [0.2, 0.25) is 0 Å². The van der Waals surface area contributed by atoms with E-state index in [2.05, 4.69) is 42.8 Å². The second kappa shape index (κ2) is 9.72. The summed E-state index contributed by atoms with van der Waals surface area (Å²) in [5.74, 6) is 1.79. The zero-order chi connectivity index (χ0) is 18.9. The van der Waals surface area contributed by atoms with E-state index in [9.17, 15) is 4.79 Å². The molecule has 0 saturated carbocycles. The molecule has 3 rings (SSSR count). The van der Waals surface area contributed by atoms with E-state index in [4.69, 9.17) is 4.74 Å². The second-order valence-corrected chi connectivity index (χ2v) is 6.38.